The molecule has 0 amide bonds. The largest absolute Gasteiger partial charge is 0.508 e. The molecule has 2 aromatic carbocycles. The minimum Gasteiger partial charge on any atom is -0.508 e. The van der Waals surface area contributed by atoms with Gasteiger partial charge in [0.15, 0.2) is 5.82 Å². The molecule has 1 N–H and O–H groups in total. The molecule has 0 spiro atoms. The van der Waals surface area contributed by atoms with Gasteiger partial charge in [-0.2, -0.15) is 0 Å². The lowest BCUT2D eigenvalue weighted by Gasteiger charge is -2.25. The number of para-hydroxylation sites is 1. The quantitative estimate of drug-likeness (QED) is 0.585. The lowest BCUT2D eigenvalue weighted by Crippen LogP contribution is -2.29. The van der Waals surface area contributed by atoms with Crippen molar-refractivity contribution in [3.63, 3.8) is 0 Å². The summed E-state index contributed by atoms with van der Waals surface area (Å²) in [5, 5.41) is 18.8. The highest BCUT2D eigenvalue weighted by atomic mass is 16.3. The van der Waals surface area contributed by atoms with Crippen molar-refractivity contribution in [1.82, 2.24) is 24.1 Å². The summed E-state index contributed by atoms with van der Waals surface area (Å²) in [4.78, 5) is 14.9. The van der Waals surface area contributed by atoms with Crippen LogP contribution in [0.25, 0.3) is 22.3 Å². The van der Waals surface area contributed by atoms with Crippen LogP contribution in [0.2, 0.25) is 0 Å². The summed E-state index contributed by atoms with van der Waals surface area (Å²) < 4.78 is 3.54. The fourth-order valence-corrected chi connectivity index (χ4v) is 3.99. The van der Waals surface area contributed by atoms with E-state index >= 15 is 0 Å². The van der Waals surface area contributed by atoms with E-state index in [9.17, 15) is 9.90 Å². The van der Waals surface area contributed by atoms with Gasteiger partial charge in [-0.3, -0.25) is 18.7 Å². The molecule has 0 radical (unpaired) electrons. The first-order valence-electron chi connectivity index (χ1n) is 9.64. The van der Waals surface area contributed by atoms with Crippen LogP contribution in [0.3, 0.4) is 0 Å². The van der Waals surface area contributed by atoms with E-state index in [0.29, 0.717) is 17.7 Å². The van der Waals surface area contributed by atoms with Crippen LogP contribution in [0, 0.1) is 0 Å². The van der Waals surface area contributed by atoms with E-state index in [1.165, 1.54) is 5.57 Å². The molecule has 0 bridgehead atoms. The highest BCUT2D eigenvalue weighted by molar-refractivity contribution is 5.80. The third-order valence-corrected chi connectivity index (χ3v) is 5.59. The van der Waals surface area contributed by atoms with Gasteiger partial charge in [-0.15, -0.1) is 10.2 Å². The van der Waals surface area contributed by atoms with Crippen LogP contribution in [-0.4, -0.2) is 42.3 Å². The van der Waals surface area contributed by atoms with Crippen molar-refractivity contribution >= 4 is 22.3 Å². The number of nitrogens with zero attached hydrogens (tertiary/aromatic N) is 5. The maximum atomic E-state index is 12.6. The number of aromatic hydroxyl groups is 1. The van der Waals surface area contributed by atoms with Gasteiger partial charge in [0, 0.05) is 20.1 Å². The zero-order valence-electron chi connectivity index (χ0n) is 16.1. The third-order valence-electron chi connectivity index (χ3n) is 5.59. The molecule has 0 atom stereocenters. The second-order valence-electron chi connectivity index (χ2n) is 7.39. The van der Waals surface area contributed by atoms with E-state index in [4.69, 9.17) is 0 Å². The van der Waals surface area contributed by atoms with Gasteiger partial charge in [0.2, 0.25) is 5.78 Å². The van der Waals surface area contributed by atoms with Crippen molar-refractivity contribution in [2.75, 3.05) is 13.1 Å². The average Bonchev–Trinajstić information content (AvgIpc) is 3.17. The standard InChI is InChI=1S/C22H21N5O2/c1-25-21(29)18-4-2-3-5-19(18)27-20(23-24-22(25)27)14-26-12-10-16(11-13-26)15-6-8-17(28)9-7-15/h2-10,28H,11-14H2,1H3. The number of fused-ring (bicyclic) bond motifs is 3. The van der Waals surface area contributed by atoms with Crippen LogP contribution in [0.1, 0.15) is 17.8 Å². The van der Waals surface area contributed by atoms with Crippen molar-refractivity contribution < 1.29 is 5.11 Å². The fraction of sp³-hybridized carbons (Fsp3) is 0.227. The van der Waals surface area contributed by atoms with E-state index in [0.717, 1.165) is 36.4 Å². The minimum absolute atomic E-state index is 0.0634. The number of rotatable bonds is 3. The molecule has 4 aromatic rings. The summed E-state index contributed by atoms with van der Waals surface area (Å²) in [5.74, 6) is 1.67. The summed E-state index contributed by atoms with van der Waals surface area (Å²) in [6.07, 6.45) is 3.16. The number of aromatic nitrogens is 4. The summed E-state index contributed by atoms with van der Waals surface area (Å²) >= 11 is 0. The van der Waals surface area contributed by atoms with E-state index in [1.807, 2.05) is 40.8 Å². The smallest absolute Gasteiger partial charge is 0.262 e. The first-order valence-corrected chi connectivity index (χ1v) is 9.64. The Morgan fingerprint density at radius 1 is 1.07 bits per heavy atom. The highest BCUT2D eigenvalue weighted by Gasteiger charge is 2.19. The van der Waals surface area contributed by atoms with Gasteiger partial charge in [-0.25, -0.2) is 0 Å². The molecule has 0 saturated carbocycles. The molecule has 0 unspecified atom stereocenters. The van der Waals surface area contributed by atoms with E-state index in [-0.39, 0.29) is 11.3 Å². The Labute approximate surface area is 167 Å². The van der Waals surface area contributed by atoms with Crippen molar-refractivity contribution in [3.05, 3.63) is 76.3 Å². The maximum absolute atomic E-state index is 12.6. The van der Waals surface area contributed by atoms with E-state index in [1.54, 1.807) is 23.7 Å². The van der Waals surface area contributed by atoms with Gasteiger partial charge >= 0.3 is 0 Å². The topological polar surface area (TPSA) is 75.7 Å². The number of hydrogen-bond acceptors (Lipinski definition) is 5. The average molecular weight is 387 g/mol. The molecule has 1 aliphatic rings. The predicted octanol–water partition coefficient (Wildman–Crippen LogP) is 2.58. The summed E-state index contributed by atoms with van der Waals surface area (Å²) in [6.45, 7) is 2.38. The molecule has 1 aliphatic heterocycles. The molecule has 29 heavy (non-hydrogen) atoms. The summed E-state index contributed by atoms with van der Waals surface area (Å²) in [5.41, 5.74) is 3.21. The molecule has 0 saturated heterocycles. The second kappa shape index (κ2) is 6.86. The van der Waals surface area contributed by atoms with Crippen molar-refractivity contribution in [2.45, 2.75) is 13.0 Å². The third kappa shape index (κ3) is 3.00. The number of benzene rings is 2. The van der Waals surface area contributed by atoms with Crippen LogP contribution < -0.4 is 5.56 Å². The zero-order chi connectivity index (χ0) is 20.0. The number of phenolic OH excluding ortho intramolecular Hbond substituents is 1. The number of aryl methyl sites for hydroxylation is 1. The van der Waals surface area contributed by atoms with Crippen molar-refractivity contribution in [1.29, 1.82) is 0 Å². The zero-order valence-corrected chi connectivity index (χ0v) is 16.1. The summed E-state index contributed by atoms with van der Waals surface area (Å²) in [6, 6.07) is 14.9. The van der Waals surface area contributed by atoms with Gasteiger partial charge < -0.3 is 5.11 Å². The Bertz CT molecular complexity index is 1300. The van der Waals surface area contributed by atoms with Crippen LogP contribution in [-0.2, 0) is 13.6 Å². The predicted molar refractivity (Wildman–Crippen MR) is 112 cm³/mol. The lowest BCUT2D eigenvalue weighted by atomic mass is 9.99. The van der Waals surface area contributed by atoms with Crippen LogP contribution in [0.4, 0.5) is 0 Å². The fourth-order valence-electron chi connectivity index (χ4n) is 3.99. The van der Waals surface area contributed by atoms with Gasteiger partial charge in [0.05, 0.1) is 17.4 Å². The van der Waals surface area contributed by atoms with Crippen molar-refractivity contribution in [3.8, 4) is 5.75 Å². The number of phenols is 1. The van der Waals surface area contributed by atoms with Crippen LogP contribution >= 0.6 is 0 Å². The van der Waals surface area contributed by atoms with Crippen LogP contribution in [0.15, 0.2) is 59.4 Å². The Hall–Kier alpha value is -3.45. The first kappa shape index (κ1) is 17.6. The molecule has 7 nitrogen and oxygen atoms in total. The lowest BCUT2D eigenvalue weighted by molar-refractivity contribution is 0.285. The molecular weight excluding hydrogens is 366 g/mol. The molecule has 146 valence electrons. The van der Waals surface area contributed by atoms with Crippen molar-refractivity contribution in [2.24, 2.45) is 7.05 Å². The van der Waals surface area contributed by atoms with Gasteiger partial charge in [-0.05, 0) is 41.8 Å². The number of hydrogen-bond donors (Lipinski definition) is 1. The highest BCUT2D eigenvalue weighted by Crippen LogP contribution is 2.25. The normalized spacial score (nSPS) is 15.1. The Morgan fingerprint density at radius 3 is 2.62 bits per heavy atom. The van der Waals surface area contributed by atoms with E-state index < -0.39 is 0 Å². The maximum Gasteiger partial charge on any atom is 0.262 e. The SMILES string of the molecule is Cn1c(=O)c2ccccc2n2c(CN3CC=C(c4ccc(O)cc4)CC3)nnc12. The van der Waals surface area contributed by atoms with Gasteiger partial charge in [0.1, 0.15) is 5.75 Å². The molecule has 3 heterocycles. The Balaban J connectivity index is 1.46. The monoisotopic (exact) mass is 387 g/mol. The molecule has 5 rings (SSSR count). The second-order valence-corrected chi connectivity index (χ2v) is 7.39. The van der Waals surface area contributed by atoms with Crippen LogP contribution in [0.5, 0.6) is 5.75 Å². The molecule has 2 aromatic heterocycles. The molecule has 0 fully saturated rings. The molecule has 7 heteroatoms. The first-order chi connectivity index (χ1) is 14.1. The minimum atomic E-state index is -0.0634. The van der Waals surface area contributed by atoms with Gasteiger partial charge in [0.25, 0.3) is 5.56 Å². The Morgan fingerprint density at radius 2 is 1.86 bits per heavy atom. The van der Waals surface area contributed by atoms with Gasteiger partial charge in [-0.1, -0.05) is 30.3 Å². The summed E-state index contributed by atoms with van der Waals surface area (Å²) in [7, 11) is 1.73. The Kier molecular flexibility index (Phi) is 4.17. The molecule has 0 aliphatic carbocycles. The van der Waals surface area contributed by atoms with E-state index in [2.05, 4.69) is 21.2 Å². The molecular formula is C22H21N5O2.